The van der Waals surface area contributed by atoms with Crippen molar-refractivity contribution in [2.75, 3.05) is 4.90 Å². The number of nitriles is 1. The zero-order valence-corrected chi connectivity index (χ0v) is 22.0. The highest BCUT2D eigenvalue weighted by Gasteiger charge is 2.51. The molecule has 0 bridgehead atoms. The van der Waals surface area contributed by atoms with E-state index < -0.39 is 20.5 Å². The maximum absolute atomic E-state index is 13.9. The molecule has 5 rings (SSSR count). The van der Waals surface area contributed by atoms with Gasteiger partial charge in [0.2, 0.25) is 5.95 Å². The van der Waals surface area contributed by atoms with Crippen LogP contribution in [0.25, 0.3) is 11.1 Å². The van der Waals surface area contributed by atoms with Crippen LogP contribution in [0, 0.1) is 11.3 Å². The van der Waals surface area contributed by atoms with Crippen molar-refractivity contribution in [3.63, 3.8) is 0 Å². The molecular weight excluding hydrogens is 559 g/mol. The molecule has 2 aromatic heterocycles. The number of anilines is 2. The van der Waals surface area contributed by atoms with E-state index in [1.54, 1.807) is 37.4 Å². The van der Waals surface area contributed by atoms with E-state index in [-0.39, 0.29) is 23.1 Å². The number of aromatic nitrogens is 4. The average Bonchev–Trinajstić information content (AvgIpc) is 3.37. The summed E-state index contributed by atoms with van der Waals surface area (Å²) in [6.45, 7) is 1.62. The van der Waals surface area contributed by atoms with Crippen molar-refractivity contribution in [3.8, 4) is 17.2 Å². The van der Waals surface area contributed by atoms with Gasteiger partial charge in [-0.1, -0.05) is 47.5 Å². The number of benzene rings is 2. The molecule has 186 valence electrons. The smallest absolute Gasteiger partial charge is 0.278 e. The summed E-state index contributed by atoms with van der Waals surface area (Å²) in [5.74, 6) is -0.371. The molecule has 3 heterocycles. The van der Waals surface area contributed by atoms with Crippen molar-refractivity contribution in [2.45, 2.75) is 23.9 Å². The lowest BCUT2D eigenvalue weighted by Gasteiger charge is -2.26. The van der Waals surface area contributed by atoms with Gasteiger partial charge < -0.3 is 0 Å². The Balaban J connectivity index is 1.60. The predicted octanol–water partition coefficient (Wildman–Crippen LogP) is 5.08. The lowest BCUT2D eigenvalue weighted by molar-refractivity contribution is -0.124. The van der Waals surface area contributed by atoms with Gasteiger partial charge in [0.15, 0.2) is 10.7 Å². The standard InChI is InChI=1S/C24H15Cl3N6O3S/c1-24(9-14-2-4-15(5-3-14)19-11-29-13-31-20(19)10-28)22(34)32(18-7-16(25)6-17(26)8-18)23-30-12-21(33(23)24)37(27,35)36/h2-8,11-13H,9H2,1H3. The summed E-state index contributed by atoms with van der Waals surface area (Å²) < 4.78 is 26.1. The number of nitrogens with zero attached hydrogens (tertiary/aromatic N) is 6. The molecule has 1 aliphatic rings. The van der Waals surface area contributed by atoms with Crippen molar-refractivity contribution >= 4 is 60.5 Å². The molecular formula is C24H15Cl3N6O3S. The molecule has 2 aromatic carbocycles. The molecule has 13 heteroatoms. The van der Waals surface area contributed by atoms with Gasteiger partial charge in [0.1, 0.15) is 17.9 Å². The molecule has 0 saturated carbocycles. The number of hydrogen-bond donors (Lipinski definition) is 0. The number of hydrogen-bond acceptors (Lipinski definition) is 7. The van der Waals surface area contributed by atoms with Gasteiger partial charge in [-0.2, -0.15) is 5.26 Å². The van der Waals surface area contributed by atoms with Crippen LogP contribution in [-0.4, -0.2) is 33.8 Å². The van der Waals surface area contributed by atoms with Crippen LogP contribution in [0.4, 0.5) is 11.6 Å². The maximum atomic E-state index is 13.9. The Morgan fingerprint density at radius 1 is 1.05 bits per heavy atom. The van der Waals surface area contributed by atoms with E-state index in [1.165, 1.54) is 34.0 Å². The molecule has 0 radical (unpaired) electrons. The van der Waals surface area contributed by atoms with Crippen molar-refractivity contribution in [2.24, 2.45) is 0 Å². The molecule has 1 aliphatic heterocycles. The zero-order valence-electron chi connectivity index (χ0n) is 18.9. The highest BCUT2D eigenvalue weighted by molar-refractivity contribution is 8.13. The number of imidazole rings is 1. The second kappa shape index (κ2) is 9.11. The number of halogens is 3. The average molecular weight is 574 g/mol. The number of rotatable bonds is 5. The quantitative estimate of drug-likeness (QED) is 0.305. The summed E-state index contributed by atoms with van der Waals surface area (Å²) in [6, 6.07) is 13.8. The second-order valence-corrected chi connectivity index (χ2v) is 11.9. The van der Waals surface area contributed by atoms with Crippen LogP contribution < -0.4 is 4.90 Å². The Kier molecular flexibility index (Phi) is 6.20. The largest absolute Gasteiger partial charge is 0.284 e. The van der Waals surface area contributed by atoms with Gasteiger partial charge in [0.25, 0.3) is 15.0 Å². The third-order valence-electron chi connectivity index (χ3n) is 6.05. The Labute approximate surface area is 226 Å². The van der Waals surface area contributed by atoms with E-state index in [0.717, 1.165) is 11.8 Å². The minimum absolute atomic E-state index is 0.0711. The Bertz CT molecular complexity index is 1700. The molecule has 0 aliphatic carbocycles. The summed E-state index contributed by atoms with van der Waals surface area (Å²) in [7, 11) is 1.48. The lowest BCUT2D eigenvalue weighted by Crippen LogP contribution is -2.41. The Morgan fingerprint density at radius 3 is 2.35 bits per heavy atom. The van der Waals surface area contributed by atoms with Gasteiger partial charge in [-0.05, 0) is 36.2 Å². The first-order valence-corrected chi connectivity index (χ1v) is 13.7. The molecule has 0 fully saturated rings. The molecule has 1 atom stereocenters. The second-order valence-electron chi connectivity index (χ2n) is 8.48. The van der Waals surface area contributed by atoms with Gasteiger partial charge in [-0.3, -0.25) is 9.36 Å². The SMILES string of the molecule is CC1(Cc2ccc(-c3cncnc3C#N)cc2)C(=O)N(c2cc(Cl)cc(Cl)c2)c2ncc(S(=O)(=O)Cl)n21. The summed E-state index contributed by atoms with van der Waals surface area (Å²) >= 11 is 12.3. The molecule has 37 heavy (non-hydrogen) atoms. The van der Waals surface area contributed by atoms with Crippen LogP contribution in [0.5, 0.6) is 0 Å². The van der Waals surface area contributed by atoms with Crippen LogP contribution >= 0.6 is 33.9 Å². The fraction of sp³-hybridized carbons (Fsp3) is 0.125. The highest BCUT2D eigenvalue weighted by atomic mass is 35.7. The molecule has 9 nitrogen and oxygen atoms in total. The molecule has 4 aromatic rings. The normalized spacial score (nSPS) is 17.1. The summed E-state index contributed by atoms with van der Waals surface area (Å²) in [6.07, 6.45) is 4.07. The van der Waals surface area contributed by atoms with E-state index in [2.05, 4.69) is 15.0 Å². The summed E-state index contributed by atoms with van der Waals surface area (Å²) in [5.41, 5.74) is 1.16. The number of fused-ring (bicyclic) bond motifs is 1. The van der Waals surface area contributed by atoms with Crippen LogP contribution in [0.2, 0.25) is 10.0 Å². The summed E-state index contributed by atoms with van der Waals surface area (Å²) in [5, 5.41) is 9.62. The third kappa shape index (κ3) is 4.34. The van der Waals surface area contributed by atoms with Crippen LogP contribution in [0.15, 0.2) is 66.2 Å². The van der Waals surface area contributed by atoms with Gasteiger partial charge in [0, 0.05) is 38.9 Å². The van der Waals surface area contributed by atoms with Crippen LogP contribution in [0.3, 0.4) is 0 Å². The molecule has 1 unspecified atom stereocenters. The number of carbonyl (C=O) groups excluding carboxylic acids is 1. The van der Waals surface area contributed by atoms with Gasteiger partial charge in [-0.25, -0.2) is 28.3 Å². The Morgan fingerprint density at radius 2 is 1.73 bits per heavy atom. The van der Waals surface area contributed by atoms with Crippen LogP contribution in [-0.2, 0) is 25.8 Å². The first kappa shape index (κ1) is 25.2. The fourth-order valence-electron chi connectivity index (χ4n) is 4.43. The topological polar surface area (TPSA) is 122 Å². The van der Waals surface area contributed by atoms with E-state index >= 15 is 0 Å². The van der Waals surface area contributed by atoms with Gasteiger partial charge in [-0.15, -0.1) is 0 Å². The zero-order chi connectivity index (χ0) is 26.5. The first-order valence-electron chi connectivity index (χ1n) is 10.7. The van der Waals surface area contributed by atoms with E-state index in [0.29, 0.717) is 26.9 Å². The van der Waals surface area contributed by atoms with Crippen LogP contribution in [0.1, 0.15) is 18.2 Å². The molecule has 0 N–H and O–H groups in total. The van der Waals surface area contributed by atoms with Crippen molar-refractivity contribution in [1.82, 2.24) is 19.5 Å². The maximum Gasteiger partial charge on any atom is 0.278 e. The van der Waals surface area contributed by atoms with Crippen molar-refractivity contribution in [3.05, 3.63) is 82.5 Å². The highest BCUT2D eigenvalue weighted by Crippen LogP contribution is 2.45. The molecule has 0 saturated heterocycles. The first-order chi connectivity index (χ1) is 17.5. The monoisotopic (exact) mass is 572 g/mol. The van der Waals surface area contributed by atoms with Gasteiger partial charge in [0.05, 0.1) is 11.9 Å². The molecule has 0 spiro atoms. The Hall–Kier alpha value is -3.49. The summed E-state index contributed by atoms with van der Waals surface area (Å²) in [4.78, 5) is 27.4. The number of amides is 1. The van der Waals surface area contributed by atoms with E-state index in [4.69, 9.17) is 33.9 Å². The van der Waals surface area contributed by atoms with Crippen molar-refractivity contribution in [1.29, 1.82) is 5.26 Å². The van der Waals surface area contributed by atoms with E-state index in [1.807, 2.05) is 6.07 Å². The minimum Gasteiger partial charge on any atom is -0.284 e. The minimum atomic E-state index is -4.25. The fourth-order valence-corrected chi connectivity index (χ4v) is 5.95. The predicted molar refractivity (Wildman–Crippen MR) is 138 cm³/mol. The molecule has 1 amide bonds. The third-order valence-corrected chi connectivity index (χ3v) is 7.75. The number of carbonyl (C=O) groups is 1. The van der Waals surface area contributed by atoms with Crippen molar-refractivity contribution < 1.29 is 13.2 Å². The lowest BCUT2D eigenvalue weighted by atomic mass is 9.91. The van der Waals surface area contributed by atoms with E-state index in [9.17, 15) is 18.5 Å². The van der Waals surface area contributed by atoms with Gasteiger partial charge >= 0.3 is 0 Å².